The zero-order valence-corrected chi connectivity index (χ0v) is 21.7. The van der Waals surface area contributed by atoms with E-state index in [1.54, 1.807) is 20.2 Å². The van der Waals surface area contributed by atoms with Crippen molar-refractivity contribution in [2.45, 2.75) is 27.1 Å². The largest absolute Gasteiger partial charge is 0.491 e. The van der Waals surface area contributed by atoms with Crippen LogP contribution in [0.4, 0.5) is 10.5 Å². The summed E-state index contributed by atoms with van der Waals surface area (Å²) in [6.07, 6.45) is 0. The van der Waals surface area contributed by atoms with Gasteiger partial charge in [-0.1, -0.05) is 60.7 Å². The third-order valence-electron chi connectivity index (χ3n) is 5.14. The lowest BCUT2D eigenvalue weighted by atomic mass is 10.2. The van der Waals surface area contributed by atoms with Crippen LogP contribution in [0, 0.1) is 5.41 Å². The Bertz CT molecular complexity index is 1170. The third-order valence-corrected chi connectivity index (χ3v) is 5.14. The molecular weight excluding hydrogens is 472 g/mol. The van der Waals surface area contributed by atoms with Gasteiger partial charge in [-0.05, 0) is 25.0 Å². The summed E-state index contributed by atoms with van der Waals surface area (Å²) in [7, 11) is 3.32. The molecule has 9 heteroatoms. The molecule has 0 saturated carbocycles. The molecular formula is C28H34N4O5. The molecule has 3 rings (SSSR count). The second-order valence-corrected chi connectivity index (χ2v) is 8.14. The molecule has 9 nitrogen and oxygen atoms in total. The molecule has 0 unspecified atom stereocenters. The van der Waals surface area contributed by atoms with Crippen LogP contribution in [0.1, 0.15) is 25.0 Å². The summed E-state index contributed by atoms with van der Waals surface area (Å²) in [5.41, 5.74) is 2.22. The molecule has 0 radical (unpaired) electrons. The summed E-state index contributed by atoms with van der Waals surface area (Å²) in [6, 6.07) is 20.6. The number of benzene rings is 3. The van der Waals surface area contributed by atoms with E-state index in [-0.39, 0.29) is 24.0 Å². The number of nitrogens with zero attached hydrogens (tertiary/aromatic N) is 1. The molecule has 37 heavy (non-hydrogen) atoms. The van der Waals surface area contributed by atoms with Gasteiger partial charge >= 0.3 is 6.03 Å². The third kappa shape index (κ3) is 7.79. The number of ether oxygens (including phenoxy) is 4. The first-order valence-electron chi connectivity index (χ1n) is 12.1. The van der Waals surface area contributed by atoms with Gasteiger partial charge in [-0.15, -0.1) is 0 Å². The SMILES string of the molecule is CCOc1cc(OCc2ccccc2)c(OCc2ccccc2)c(OCC)c1NC(=O)NC(=N)N(C)C. The summed E-state index contributed by atoms with van der Waals surface area (Å²) < 4.78 is 24.3. The van der Waals surface area contributed by atoms with Crippen LogP contribution in [0.3, 0.4) is 0 Å². The Kier molecular flexibility index (Phi) is 10.0. The molecule has 0 heterocycles. The van der Waals surface area contributed by atoms with E-state index >= 15 is 0 Å². The molecule has 3 aromatic rings. The van der Waals surface area contributed by atoms with Gasteiger partial charge < -0.3 is 29.2 Å². The molecule has 0 fully saturated rings. The van der Waals surface area contributed by atoms with Crippen LogP contribution in [-0.4, -0.2) is 44.2 Å². The molecule has 0 saturated heterocycles. The smallest absolute Gasteiger partial charge is 0.326 e. The number of rotatable bonds is 11. The van der Waals surface area contributed by atoms with Crippen LogP contribution in [0.25, 0.3) is 0 Å². The van der Waals surface area contributed by atoms with Crippen molar-refractivity contribution in [2.75, 3.05) is 32.6 Å². The van der Waals surface area contributed by atoms with Gasteiger partial charge in [-0.25, -0.2) is 4.79 Å². The van der Waals surface area contributed by atoms with Crippen LogP contribution >= 0.6 is 0 Å². The zero-order valence-electron chi connectivity index (χ0n) is 21.7. The highest BCUT2D eigenvalue weighted by Gasteiger charge is 2.25. The Labute approximate surface area is 217 Å². The minimum atomic E-state index is -0.618. The lowest BCUT2D eigenvalue weighted by molar-refractivity contribution is 0.234. The van der Waals surface area contributed by atoms with E-state index in [1.807, 2.05) is 74.5 Å². The highest BCUT2D eigenvalue weighted by atomic mass is 16.5. The summed E-state index contributed by atoms with van der Waals surface area (Å²) in [4.78, 5) is 14.2. The van der Waals surface area contributed by atoms with Crippen molar-refractivity contribution in [3.05, 3.63) is 77.9 Å². The summed E-state index contributed by atoms with van der Waals surface area (Å²) in [5.74, 6) is 1.31. The average Bonchev–Trinajstić information content (AvgIpc) is 2.90. The van der Waals surface area contributed by atoms with E-state index in [2.05, 4.69) is 10.6 Å². The predicted molar refractivity (Wildman–Crippen MR) is 144 cm³/mol. The number of nitrogens with one attached hydrogen (secondary N) is 3. The van der Waals surface area contributed by atoms with Gasteiger partial charge in [0.25, 0.3) is 0 Å². The minimum absolute atomic E-state index is 0.0724. The van der Waals surface area contributed by atoms with Crippen LogP contribution in [0.5, 0.6) is 23.0 Å². The van der Waals surface area contributed by atoms with E-state index in [0.717, 1.165) is 11.1 Å². The summed E-state index contributed by atoms with van der Waals surface area (Å²) in [6.45, 7) is 4.89. The van der Waals surface area contributed by atoms with E-state index in [4.69, 9.17) is 24.4 Å². The number of anilines is 1. The Morgan fingerprint density at radius 2 is 1.35 bits per heavy atom. The number of urea groups is 1. The van der Waals surface area contributed by atoms with Crippen LogP contribution in [0.2, 0.25) is 0 Å². The molecule has 2 amide bonds. The molecule has 0 aliphatic heterocycles. The van der Waals surface area contributed by atoms with Crippen LogP contribution < -0.4 is 29.6 Å². The van der Waals surface area contributed by atoms with Gasteiger partial charge in [0, 0.05) is 20.2 Å². The summed E-state index contributed by atoms with van der Waals surface area (Å²) in [5, 5.41) is 13.2. The van der Waals surface area contributed by atoms with Gasteiger partial charge in [-0.2, -0.15) is 0 Å². The van der Waals surface area contributed by atoms with Gasteiger partial charge in [0.2, 0.25) is 5.75 Å². The molecule has 196 valence electrons. The fraction of sp³-hybridized carbons (Fsp3) is 0.286. The van der Waals surface area contributed by atoms with Gasteiger partial charge in [0.1, 0.15) is 18.9 Å². The summed E-state index contributed by atoms with van der Waals surface area (Å²) >= 11 is 0. The van der Waals surface area contributed by atoms with Crippen molar-refractivity contribution in [2.24, 2.45) is 0 Å². The van der Waals surface area contributed by atoms with E-state index in [9.17, 15) is 4.79 Å². The number of hydrogen-bond acceptors (Lipinski definition) is 6. The Balaban J connectivity index is 2.04. The second-order valence-electron chi connectivity index (χ2n) is 8.14. The lowest BCUT2D eigenvalue weighted by Crippen LogP contribution is -2.41. The van der Waals surface area contributed by atoms with Crippen LogP contribution in [-0.2, 0) is 13.2 Å². The zero-order chi connectivity index (χ0) is 26.6. The standard InChI is InChI=1S/C28H34N4O5/c1-5-34-22-17-23(36-18-20-13-9-7-10-14-20)25(37-19-21-15-11-8-12-16-21)26(35-6-2)24(22)30-28(33)31-27(29)32(3)4/h7-17H,5-6,18-19H2,1-4H3,(H3,29,30,31,33). The Morgan fingerprint density at radius 3 is 1.89 bits per heavy atom. The number of carbonyl (C=O) groups is 1. The highest BCUT2D eigenvalue weighted by Crippen LogP contribution is 2.49. The Morgan fingerprint density at radius 1 is 0.784 bits per heavy atom. The molecule has 0 aromatic heterocycles. The Hall–Kier alpha value is -4.40. The topological polar surface area (TPSA) is 105 Å². The van der Waals surface area contributed by atoms with Crippen molar-refractivity contribution in [1.29, 1.82) is 5.41 Å². The maximum Gasteiger partial charge on any atom is 0.326 e. The lowest BCUT2D eigenvalue weighted by Gasteiger charge is -2.23. The second kappa shape index (κ2) is 13.6. The molecule has 0 aliphatic carbocycles. The highest BCUT2D eigenvalue weighted by molar-refractivity contribution is 6.03. The number of hydrogen-bond donors (Lipinski definition) is 3. The van der Waals surface area contributed by atoms with Crippen molar-refractivity contribution < 1.29 is 23.7 Å². The van der Waals surface area contributed by atoms with Crippen molar-refractivity contribution in [1.82, 2.24) is 10.2 Å². The van der Waals surface area contributed by atoms with Crippen molar-refractivity contribution >= 4 is 17.7 Å². The van der Waals surface area contributed by atoms with Crippen molar-refractivity contribution in [3.8, 4) is 23.0 Å². The fourth-order valence-corrected chi connectivity index (χ4v) is 3.34. The number of guanidine groups is 1. The molecule has 0 spiro atoms. The quantitative estimate of drug-likeness (QED) is 0.242. The molecule has 3 aromatic carbocycles. The average molecular weight is 507 g/mol. The monoisotopic (exact) mass is 506 g/mol. The first-order valence-corrected chi connectivity index (χ1v) is 12.1. The van der Waals surface area contributed by atoms with E-state index in [0.29, 0.717) is 37.1 Å². The molecule has 0 bridgehead atoms. The molecule has 0 atom stereocenters. The maximum atomic E-state index is 12.8. The number of amides is 2. The van der Waals surface area contributed by atoms with Gasteiger partial charge in [0.05, 0.1) is 13.2 Å². The van der Waals surface area contributed by atoms with Gasteiger partial charge in [0.15, 0.2) is 23.2 Å². The van der Waals surface area contributed by atoms with E-state index in [1.165, 1.54) is 4.90 Å². The van der Waals surface area contributed by atoms with Gasteiger partial charge in [-0.3, -0.25) is 10.7 Å². The van der Waals surface area contributed by atoms with Crippen LogP contribution in [0.15, 0.2) is 66.7 Å². The van der Waals surface area contributed by atoms with E-state index < -0.39 is 6.03 Å². The predicted octanol–water partition coefficient (Wildman–Crippen LogP) is 5.26. The molecule has 3 N–H and O–H groups in total. The fourth-order valence-electron chi connectivity index (χ4n) is 3.34. The van der Waals surface area contributed by atoms with Crippen molar-refractivity contribution in [3.63, 3.8) is 0 Å². The molecule has 0 aliphatic rings. The normalized spacial score (nSPS) is 10.3. The first kappa shape index (κ1) is 27.2. The first-order chi connectivity index (χ1) is 17.9. The maximum absolute atomic E-state index is 12.8. The minimum Gasteiger partial charge on any atom is -0.491 e. The number of carbonyl (C=O) groups excluding carboxylic acids is 1.